The number of ether oxygens (including phenoxy) is 1. The minimum Gasteiger partial charge on any atom is -0.872 e. The van der Waals surface area contributed by atoms with Crippen molar-refractivity contribution in [3.05, 3.63) is 70.5 Å². The van der Waals surface area contributed by atoms with E-state index in [2.05, 4.69) is 0 Å². The Hall–Kier alpha value is -3.19. The van der Waals surface area contributed by atoms with E-state index in [1.54, 1.807) is 18.2 Å². The lowest BCUT2D eigenvalue weighted by Gasteiger charge is -2.28. The number of nitrogens with one attached hydrogen (secondary N) is 1. The summed E-state index contributed by atoms with van der Waals surface area (Å²) in [6.07, 6.45) is 0. The number of nitrogens with zero attached hydrogens (tertiary/aromatic N) is 1. The quantitative estimate of drug-likeness (QED) is 0.373. The third-order valence-corrected chi connectivity index (χ3v) is 5.58. The molecule has 176 valence electrons. The summed E-state index contributed by atoms with van der Waals surface area (Å²) in [6, 6.07) is 9.73. The number of ketones is 1. The minimum atomic E-state index is -0.852. The number of carbonyl (C=O) groups is 2. The fourth-order valence-corrected chi connectivity index (χ4v) is 3.80. The van der Waals surface area contributed by atoms with Crippen LogP contribution in [0.4, 0.5) is 4.39 Å². The van der Waals surface area contributed by atoms with Crippen molar-refractivity contribution in [2.75, 3.05) is 33.8 Å². The first kappa shape index (κ1) is 24.5. The normalized spacial score (nSPS) is 17.9. The lowest BCUT2D eigenvalue weighted by molar-refractivity contribution is -0.857. The fourth-order valence-electron chi connectivity index (χ4n) is 3.80. The van der Waals surface area contributed by atoms with Crippen molar-refractivity contribution < 1.29 is 28.7 Å². The number of quaternary nitrogens is 1. The van der Waals surface area contributed by atoms with Crippen LogP contribution in [-0.2, 0) is 9.59 Å². The Kier molecular flexibility index (Phi) is 7.53. The van der Waals surface area contributed by atoms with Crippen LogP contribution >= 0.6 is 0 Å². The molecule has 2 aromatic carbocycles. The van der Waals surface area contributed by atoms with E-state index in [9.17, 15) is 19.1 Å². The van der Waals surface area contributed by atoms with Gasteiger partial charge in [0, 0.05) is 5.57 Å². The number of Topliss-reactive ketones (excluding diaryl/α,β-unsaturated/α-hetero) is 1. The maximum atomic E-state index is 13.6. The molecule has 0 saturated carbocycles. The van der Waals surface area contributed by atoms with Crippen LogP contribution in [0.5, 0.6) is 5.75 Å². The van der Waals surface area contributed by atoms with E-state index in [0.717, 1.165) is 10.5 Å². The number of halogens is 1. The number of hydrogen-bond donors (Lipinski definition) is 1. The monoisotopic (exact) mass is 454 g/mol. The number of hydrogen-bond acceptors (Lipinski definition) is 4. The minimum absolute atomic E-state index is 0.101. The highest BCUT2D eigenvalue weighted by molar-refractivity contribution is 6.46. The molecule has 1 amide bonds. The third kappa shape index (κ3) is 5.42. The van der Waals surface area contributed by atoms with E-state index >= 15 is 0 Å². The summed E-state index contributed by atoms with van der Waals surface area (Å²) in [5.41, 5.74) is 1.51. The van der Waals surface area contributed by atoms with Gasteiger partial charge in [-0.15, -0.1) is 0 Å². The number of carbonyl (C=O) groups excluding carboxylic acids is 2. The maximum absolute atomic E-state index is 13.6. The Bertz CT molecular complexity index is 1060. The van der Waals surface area contributed by atoms with E-state index in [-0.39, 0.29) is 5.57 Å². The zero-order valence-corrected chi connectivity index (χ0v) is 19.8. The van der Waals surface area contributed by atoms with Gasteiger partial charge in [-0.05, 0) is 53.8 Å². The molecule has 1 aliphatic rings. The Morgan fingerprint density at radius 3 is 2.39 bits per heavy atom. The van der Waals surface area contributed by atoms with Crippen molar-refractivity contribution in [2.24, 2.45) is 5.92 Å². The molecule has 0 aromatic heterocycles. The Morgan fingerprint density at radius 1 is 1.15 bits per heavy atom. The number of benzene rings is 2. The van der Waals surface area contributed by atoms with Crippen LogP contribution in [-0.4, -0.2) is 50.4 Å². The van der Waals surface area contributed by atoms with Crippen LogP contribution in [0.3, 0.4) is 0 Å². The van der Waals surface area contributed by atoms with Gasteiger partial charge in [0.1, 0.15) is 11.6 Å². The molecule has 0 bridgehead atoms. The second-order valence-electron chi connectivity index (χ2n) is 9.17. The summed E-state index contributed by atoms with van der Waals surface area (Å²) in [6.45, 7) is 7.37. The van der Waals surface area contributed by atoms with Crippen molar-refractivity contribution in [3.63, 3.8) is 0 Å². The molecule has 6 nitrogen and oxygen atoms in total. The lowest BCUT2D eigenvalue weighted by atomic mass is 9.94. The lowest BCUT2D eigenvalue weighted by Crippen LogP contribution is -3.06. The van der Waals surface area contributed by atoms with Crippen LogP contribution in [0.15, 0.2) is 48.0 Å². The van der Waals surface area contributed by atoms with Gasteiger partial charge >= 0.3 is 0 Å². The van der Waals surface area contributed by atoms with Gasteiger partial charge in [-0.2, -0.15) is 0 Å². The second kappa shape index (κ2) is 10.2. The van der Waals surface area contributed by atoms with Crippen molar-refractivity contribution in [1.29, 1.82) is 0 Å². The van der Waals surface area contributed by atoms with Crippen LogP contribution in [0.2, 0.25) is 0 Å². The largest absolute Gasteiger partial charge is 0.872 e. The first-order chi connectivity index (χ1) is 15.6. The summed E-state index contributed by atoms with van der Waals surface area (Å²) in [7, 11) is 3.88. The van der Waals surface area contributed by atoms with Gasteiger partial charge in [0.15, 0.2) is 0 Å². The predicted molar refractivity (Wildman–Crippen MR) is 122 cm³/mol. The van der Waals surface area contributed by atoms with Gasteiger partial charge < -0.3 is 19.6 Å². The summed E-state index contributed by atoms with van der Waals surface area (Å²) in [5.74, 6) is -1.41. The molecule has 1 fully saturated rings. The topological polar surface area (TPSA) is 74.1 Å². The zero-order valence-electron chi connectivity index (χ0n) is 19.8. The molecule has 33 heavy (non-hydrogen) atoms. The van der Waals surface area contributed by atoms with Crippen molar-refractivity contribution in [2.45, 2.75) is 26.8 Å². The number of rotatable bonds is 8. The highest BCUT2D eigenvalue weighted by atomic mass is 19.1. The predicted octanol–water partition coefficient (Wildman–Crippen LogP) is 1.54. The van der Waals surface area contributed by atoms with Crippen molar-refractivity contribution >= 4 is 17.4 Å². The van der Waals surface area contributed by atoms with Gasteiger partial charge in [0.25, 0.3) is 5.91 Å². The van der Waals surface area contributed by atoms with Crippen LogP contribution < -0.4 is 14.7 Å². The van der Waals surface area contributed by atoms with Gasteiger partial charge in [0.05, 0.1) is 39.8 Å². The van der Waals surface area contributed by atoms with Gasteiger partial charge in [-0.25, -0.2) is 4.39 Å². The average Bonchev–Trinajstić information content (AvgIpc) is 3.01. The second-order valence-corrected chi connectivity index (χ2v) is 9.17. The fraction of sp³-hybridized carbons (Fsp3) is 0.385. The van der Waals surface area contributed by atoms with Crippen molar-refractivity contribution in [1.82, 2.24) is 4.90 Å². The molecule has 0 aliphatic carbocycles. The van der Waals surface area contributed by atoms with Gasteiger partial charge in [-0.1, -0.05) is 37.8 Å². The summed E-state index contributed by atoms with van der Waals surface area (Å²) in [5, 5.41) is 13.5. The number of amides is 1. The van der Waals surface area contributed by atoms with E-state index in [4.69, 9.17) is 4.74 Å². The Morgan fingerprint density at radius 2 is 1.82 bits per heavy atom. The third-order valence-electron chi connectivity index (χ3n) is 5.58. The number of likely N-dealkylation sites (N-methyl/N-ethyl adjacent to an activating group) is 1. The molecule has 2 aromatic rings. The van der Waals surface area contributed by atoms with Crippen LogP contribution in [0.1, 0.15) is 36.6 Å². The molecule has 0 radical (unpaired) electrons. The van der Waals surface area contributed by atoms with Gasteiger partial charge in [-0.3, -0.25) is 9.59 Å². The highest BCUT2D eigenvalue weighted by Gasteiger charge is 2.44. The standard InChI is InChI=1S/C26H31FN2O4/c1-16(2)15-33-21-11-8-19(14-17(21)3)24(30)22-23(18-6-9-20(27)10-7-18)29(13-12-28(4)5)26(32)25(22)31/h6-11,14,16,23,30H,12-13,15H2,1-5H3/b24-22+. The molecule has 1 unspecified atom stereocenters. The van der Waals surface area contributed by atoms with E-state index in [0.29, 0.717) is 42.5 Å². The molecule has 1 N–H and O–H groups in total. The summed E-state index contributed by atoms with van der Waals surface area (Å²) < 4.78 is 19.3. The van der Waals surface area contributed by atoms with Crippen LogP contribution in [0, 0.1) is 18.7 Å². The van der Waals surface area contributed by atoms with Crippen LogP contribution in [0.25, 0.3) is 5.76 Å². The van der Waals surface area contributed by atoms with Gasteiger partial charge in [0.2, 0.25) is 5.78 Å². The zero-order chi connectivity index (χ0) is 24.3. The smallest absolute Gasteiger partial charge is 0.295 e. The molecule has 1 saturated heterocycles. The molecule has 0 spiro atoms. The highest BCUT2D eigenvalue weighted by Crippen LogP contribution is 2.38. The first-order valence-electron chi connectivity index (χ1n) is 11.1. The summed E-state index contributed by atoms with van der Waals surface area (Å²) in [4.78, 5) is 28.4. The van der Waals surface area contributed by atoms with E-state index in [1.165, 1.54) is 29.2 Å². The molecule has 1 heterocycles. The molecule has 3 rings (SSSR count). The molecule has 1 atom stereocenters. The molecule has 1 aliphatic heterocycles. The molecular weight excluding hydrogens is 423 g/mol. The maximum Gasteiger partial charge on any atom is 0.295 e. The summed E-state index contributed by atoms with van der Waals surface area (Å²) >= 11 is 0. The van der Waals surface area contributed by atoms with E-state index in [1.807, 2.05) is 34.9 Å². The average molecular weight is 455 g/mol. The Labute approximate surface area is 194 Å². The van der Waals surface area contributed by atoms with Crippen molar-refractivity contribution in [3.8, 4) is 5.75 Å². The Balaban J connectivity index is 2.06. The SMILES string of the molecule is Cc1cc(/C([O-])=C2\C(=O)C(=O)N(CC[NH+](C)C)C2c2ccc(F)cc2)ccc1OCC(C)C. The number of likely N-dealkylation sites (tertiary alicyclic amines) is 1. The van der Waals surface area contributed by atoms with E-state index < -0.39 is 29.3 Å². The number of aryl methyl sites for hydroxylation is 1. The molecule has 7 heteroatoms. The first-order valence-corrected chi connectivity index (χ1v) is 11.1. The molecular formula is C26H31FN2O4.